The number of methoxy groups -OCH3 is 1. The van der Waals surface area contributed by atoms with Crippen molar-refractivity contribution in [3.63, 3.8) is 0 Å². The van der Waals surface area contributed by atoms with Crippen LogP contribution in [0.15, 0.2) is 54.2 Å². The molecule has 1 aliphatic rings. The molecule has 29 heavy (non-hydrogen) atoms. The highest BCUT2D eigenvalue weighted by Gasteiger charge is 2.38. The number of nitrogens with one attached hydrogen (secondary N) is 2. The molecule has 0 aromatic heterocycles. The van der Waals surface area contributed by atoms with Gasteiger partial charge in [0, 0.05) is 30.4 Å². The molecule has 0 aliphatic carbocycles. The number of carbonyl (C=O) groups excluding carboxylic acids is 3. The molecule has 2 aromatic rings. The van der Waals surface area contributed by atoms with Gasteiger partial charge in [-0.2, -0.15) is 0 Å². The molecule has 3 rings (SSSR count). The molecule has 0 saturated carbocycles. The summed E-state index contributed by atoms with van der Waals surface area (Å²) in [5, 5.41) is 6.26. The number of hydrogen-bond donors (Lipinski definition) is 2. The highest BCUT2D eigenvalue weighted by atomic mass is 35.5. The van der Waals surface area contributed by atoms with Crippen LogP contribution in [0.1, 0.15) is 12.5 Å². The van der Waals surface area contributed by atoms with Crippen molar-refractivity contribution < 1.29 is 19.1 Å². The summed E-state index contributed by atoms with van der Waals surface area (Å²) in [5.41, 5.74) is 2.28. The second kappa shape index (κ2) is 8.89. The van der Waals surface area contributed by atoms with Crippen molar-refractivity contribution in [2.45, 2.75) is 6.92 Å². The summed E-state index contributed by atoms with van der Waals surface area (Å²) in [5.74, 6) is -1.00. The summed E-state index contributed by atoms with van der Waals surface area (Å²) < 4.78 is 5.02. The number of rotatable bonds is 7. The lowest BCUT2D eigenvalue weighted by molar-refractivity contribution is -0.137. The molecule has 1 aliphatic heterocycles. The van der Waals surface area contributed by atoms with E-state index in [2.05, 4.69) is 10.6 Å². The van der Waals surface area contributed by atoms with E-state index in [-0.39, 0.29) is 30.3 Å². The molecule has 2 aromatic carbocycles. The summed E-state index contributed by atoms with van der Waals surface area (Å²) in [4.78, 5) is 38.2. The molecule has 0 saturated heterocycles. The topological polar surface area (TPSA) is 87.7 Å². The molecule has 0 fully saturated rings. The predicted molar refractivity (Wildman–Crippen MR) is 111 cm³/mol. The molecule has 2 N–H and O–H groups in total. The van der Waals surface area contributed by atoms with E-state index < -0.39 is 11.8 Å². The van der Waals surface area contributed by atoms with Gasteiger partial charge in [-0.15, -0.1) is 0 Å². The van der Waals surface area contributed by atoms with E-state index in [1.807, 2.05) is 0 Å². The summed E-state index contributed by atoms with van der Waals surface area (Å²) in [6.07, 6.45) is 0. The zero-order valence-electron chi connectivity index (χ0n) is 16.0. The molecule has 0 radical (unpaired) electrons. The van der Waals surface area contributed by atoms with Gasteiger partial charge in [0.1, 0.15) is 5.70 Å². The number of carbonyl (C=O) groups is 3. The summed E-state index contributed by atoms with van der Waals surface area (Å²) in [6.45, 7) is 1.81. The summed E-state index contributed by atoms with van der Waals surface area (Å²) in [6, 6.07) is 13.6. The van der Waals surface area contributed by atoms with Crippen LogP contribution in [0, 0.1) is 0 Å². The Morgan fingerprint density at radius 3 is 2.21 bits per heavy atom. The SMILES string of the molecule is COCCN1C(=O)C(Nc2ccc(NC(C)=O)cc2)=C(c2ccc(Cl)cc2)C1=O. The number of nitrogens with zero attached hydrogens (tertiary/aromatic N) is 1. The average Bonchev–Trinajstić information content (AvgIpc) is 2.92. The van der Waals surface area contributed by atoms with Crippen LogP contribution in [-0.4, -0.2) is 42.9 Å². The first kappa shape index (κ1) is 20.6. The molecule has 8 heteroatoms. The largest absolute Gasteiger partial charge is 0.383 e. The van der Waals surface area contributed by atoms with E-state index in [9.17, 15) is 14.4 Å². The van der Waals surface area contributed by atoms with Gasteiger partial charge < -0.3 is 15.4 Å². The van der Waals surface area contributed by atoms with E-state index in [4.69, 9.17) is 16.3 Å². The molecular formula is C21H20ClN3O4. The third kappa shape index (κ3) is 4.64. The van der Waals surface area contributed by atoms with Crippen LogP contribution in [0.5, 0.6) is 0 Å². The van der Waals surface area contributed by atoms with Gasteiger partial charge in [-0.05, 0) is 42.0 Å². The van der Waals surface area contributed by atoms with Crippen LogP contribution in [0.3, 0.4) is 0 Å². The molecule has 0 spiro atoms. The van der Waals surface area contributed by atoms with Crippen molar-refractivity contribution in [1.82, 2.24) is 4.90 Å². The fourth-order valence-corrected chi connectivity index (χ4v) is 3.07. The molecule has 7 nitrogen and oxygen atoms in total. The van der Waals surface area contributed by atoms with E-state index in [0.717, 1.165) is 4.90 Å². The Morgan fingerprint density at radius 1 is 1.00 bits per heavy atom. The second-order valence-electron chi connectivity index (χ2n) is 6.40. The standard InChI is InChI=1S/C21H20ClN3O4/c1-13(26)23-16-7-9-17(10-8-16)24-19-18(14-3-5-15(22)6-4-14)20(27)25(21(19)28)11-12-29-2/h3-10,24H,11-12H2,1-2H3,(H,23,26). The number of imide groups is 1. The first-order valence-corrected chi connectivity index (χ1v) is 9.28. The Bertz CT molecular complexity index is 968. The van der Waals surface area contributed by atoms with Gasteiger partial charge in [0.25, 0.3) is 11.8 Å². The maximum absolute atomic E-state index is 13.0. The summed E-state index contributed by atoms with van der Waals surface area (Å²) >= 11 is 5.96. The molecular weight excluding hydrogens is 394 g/mol. The Labute approximate surface area is 173 Å². The van der Waals surface area contributed by atoms with Gasteiger partial charge in [-0.3, -0.25) is 19.3 Å². The summed E-state index contributed by atoms with van der Waals surface area (Å²) in [7, 11) is 1.51. The minimum Gasteiger partial charge on any atom is -0.383 e. The fourth-order valence-electron chi connectivity index (χ4n) is 2.95. The first-order valence-electron chi connectivity index (χ1n) is 8.90. The van der Waals surface area contributed by atoms with Crippen LogP contribution < -0.4 is 10.6 Å². The first-order chi connectivity index (χ1) is 13.9. The maximum Gasteiger partial charge on any atom is 0.278 e. The maximum atomic E-state index is 13.0. The Kier molecular flexibility index (Phi) is 6.31. The minimum atomic E-state index is -0.428. The number of hydrogen-bond acceptors (Lipinski definition) is 5. The number of amides is 3. The molecule has 150 valence electrons. The number of halogens is 1. The van der Waals surface area contributed by atoms with E-state index >= 15 is 0 Å². The van der Waals surface area contributed by atoms with Gasteiger partial charge in [0.15, 0.2) is 0 Å². The Balaban J connectivity index is 1.95. The molecule has 0 unspecified atom stereocenters. The van der Waals surface area contributed by atoms with Gasteiger partial charge in [-0.1, -0.05) is 23.7 Å². The van der Waals surface area contributed by atoms with Crippen LogP contribution >= 0.6 is 11.6 Å². The minimum absolute atomic E-state index is 0.151. The highest BCUT2D eigenvalue weighted by Crippen LogP contribution is 2.31. The van der Waals surface area contributed by atoms with E-state index in [1.54, 1.807) is 48.5 Å². The third-order valence-electron chi connectivity index (χ3n) is 4.29. The van der Waals surface area contributed by atoms with E-state index in [0.29, 0.717) is 22.0 Å². The zero-order valence-corrected chi connectivity index (χ0v) is 16.7. The van der Waals surface area contributed by atoms with Crippen molar-refractivity contribution in [2.75, 3.05) is 30.9 Å². The van der Waals surface area contributed by atoms with Gasteiger partial charge >= 0.3 is 0 Å². The highest BCUT2D eigenvalue weighted by molar-refractivity contribution is 6.36. The van der Waals surface area contributed by atoms with Crippen molar-refractivity contribution in [3.8, 4) is 0 Å². The van der Waals surface area contributed by atoms with Crippen LogP contribution in [0.2, 0.25) is 5.02 Å². The van der Waals surface area contributed by atoms with Crippen molar-refractivity contribution >= 4 is 46.3 Å². The quantitative estimate of drug-likeness (QED) is 0.681. The van der Waals surface area contributed by atoms with E-state index in [1.165, 1.54) is 14.0 Å². The van der Waals surface area contributed by atoms with Crippen LogP contribution in [0.4, 0.5) is 11.4 Å². The van der Waals surface area contributed by atoms with Crippen LogP contribution in [-0.2, 0) is 19.1 Å². The predicted octanol–water partition coefficient (Wildman–Crippen LogP) is 3.14. The lowest BCUT2D eigenvalue weighted by Crippen LogP contribution is -2.35. The molecule has 1 heterocycles. The van der Waals surface area contributed by atoms with Crippen molar-refractivity contribution in [1.29, 1.82) is 0 Å². The number of benzene rings is 2. The molecule has 0 atom stereocenters. The lowest BCUT2D eigenvalue weighted by atomic mass is 10.0. The van der Waals surface area contributed by atoms with Crippen LogP contribution in [0.25, 0.3) is 5.57 Å². The normalized spacial score (nSPS) is 13.8. The Hall–Kier alpha value is -3.16. The fraction of sp³-hybridized carbons (Fsp3) is 0.190. The second-order valence-corrected chi connectivity index (χ2v) is 6.83. The van der Waals surface area contributed by atoms with Gasteiger partial charge in [-0.25, -0.2) is 0 Å². The Morgan fingerprint density at radius 2 is 1.62 bits per heavy atom. The van der Waals surface area contributed by atoms with Gasteiger partial charge in [0.05, 0.1) is 18.7 Å². The van der Waals surface area contributed by atoms with Crippen molar-refractivity contribution in [3.05, 3.63) is 64.8 Å². The number of anilines is 2. The number of ether oxygens (including phenoxy) is 1. The smallest absolute Gasteiger partial charge is 0.278 e. The lowest BCUT2D eigenvalue weighted by Gasteiger charge is -2.14. The average molecular weight is 414 g/mol. The molecule has 3 amide bonds. The third-order valence-corrected chi connectivity index (χ3v) is 4.55. The molecule has 0 bridgehead atoms. The zero-order chi connectivity index (χ0) is 21.0. The van der Waals surface area contributed by atoms with Crippen molar-refractivity contribution in [2.24, 2.45) is 0 Å². The monoisotopic (exact) mass is 413 g/mol. The van der Waals surface area contributed by atoms with Gasteiger partial charge in [0.2, 0.25) is 5.91 Å².